The van der Waals surface area contributed by atoms with Gasteiger partial charge in [-0.3, -0.25) is 4.79 Å². The number of aryl methyl sites for hydroxylation is 1. The number of fused-ring (bicyclic) bond motifs is 1. The molecule has 2 heterocycles. The topological polar surface area (TPSA) is 36.1 Å². The van der Waals surface area contributed by atoms with Crippen molar-refractivity contribution in [1.29, 1.82) is 0 Å². The Morgan fingerprint density at radius 1 is 1.12 bits per heavy atom. The Bertz CT molecular complexity index is 866. The van der Waals surface area contributed by atoms with Crippen molar-refractivity contribution in [3.8, 4) is 0 Å². The molecule has 0 radical (unpaired) electrons. The number of benzene rings is 2. The van der Waals surface area contributed by atoms with Crippen LogP contribution in [0.4, 0.5) is 0 Å². The van der Waals surface area contributed by atoms with Crippen molar-refractivity contribution < 1.29 is 4.79 Å². The number of nitrogens with zero attached hydrogens (tertiary/aromatic N) is 1. The lowest BCUT2D eigenvalue weighted by atomic mass is 9.93. The summed E-state index contributed by atoms with van der Waals surface area (Å²) in [7, 11) is 0. The molecular formula is C21H22N2O. The Morgan fingerprint density at radius 3 is 2.79 bits per heavy atom. The van der Waals surface area contributed by atoms with Crippen LogP contribution < -0.4 is 0 Å². The van der Waals surface area contributed by atoms with E-state index in [1.165, 1.54) is 27.6 Å². The Morgan fingerprint density at radius 2 is 1.96 bits per heavy atom. The van der Waals surface area contributed by atoms with Crippen molar-refractivity contribution in [3.05, 3.63) is 71.4 Å². The number of aromatic nitrogens is 1. The van der Waals surface area contributed by atoms with Crippen LogP contribution in [0.15, 0.2) is 54.7 Å². The fourth-order valence-electron chi connectivity index (χ4n) is 3.83. The third-order valence-corrected chi connectivity index (χ3v) is 5.08. The highest BCUT2D eigenvalue weighted by molar-refractivity contribution is 5.87. The molecule has 1 fully saturated rings. The first-order valence-corrected chi connectivity index (χ1v) is 8.64. The lowest BCUT2D eigenvalue weighted by molar-refractivity contribution is -0.137. The van der Waals surface area contributed by atoms with E-state index in [1.54, 1.807) is 0 Å². The monoisotopic (exact) mass is 318 g/mol. The highest BCUT2D eigenvalue weighted by atomic mass is 16.2. The molecule has 3 heteroatoms. The highest BCUT2D eigenvalue weighted by Gasteiger charge is 2.30. The van der Waals surface area contributed by atoms with Crippen LogP contribution in [0.3, 0.4) is 0 Å². The maximum atomic E-state index is 12.6. The molecule has 4 rings (SSSR count). The maximum absolute atomic E-state index is 12.6. The summed E-state index contributed by atoms with van der Waals surface area (Å²) in [5.74, 6) is 0.261. The molecule has 1 amide bonds. The minimum Gasteiger partial charge on any atom is -0.361 e. The summed E-state index contributed by atoms with van der Waals surface area (Å²) in [5, 5.41) is 1.24. The molecule has 2 aromatic carbocycles. The van der Waals surface area contributed by atoms with E-state index in [4.69, 9.17) is 0 Å². The lowest BCUT2D eigenvalue weighted by Crippen LogP contribution is -2.37. The summed E-state index contributed by atoms with van der Waals surface area (Å²) in [6, 6.07) is 16.8. The summed E-state index contributed by atoms with van der Waals surface area (Å²) < 4.78 is 0. The molecule has 0 spiro atoms. The number of likely N-dealkylation sites (tertiary alicyclic amines) is 1. The Balaban J connectivity index is 1.73. The first-order chi connectivity index (χ1) is 11.7. The first-order valence-electron chi connectivity index (χ1n) is 8.64. The molecular weight excluding hydrogens is 296 g/mol. The van der Waals surface area contributed by atoms with E-state index in [9.17, 15) is 4.79 Å². The number of carbonyl (C=O) groups excluding carboxylic acids is 1. The number of hydrogen-bond donors (Lipinski definition) is 1. The van der Waals surface area contributed by atoms with Crippen molar-refractivity contribution >= 4 is 16.8 Å². The highest BCUT2D eigenvalue weighted by Crippen LogP contribution is 2.37. The van der Waals surface area contributed by atoms with Crippen LogP contribution in [0, 0.1) is 6.92 Å². The van der Waals surface area contributed by atoms with Crippen LogP contribution in [0.5, 0.6) is 0 Å². The smallest absolute Gasteiger partial charge is 0.223 e. The van der Waals surface area contributed by atoms with Gasteiger partial charge in [0.15, 0.2) is 0 Å². The summed E-state index contributed by atoms with van der Waals surface area (Å²) in [6.07, 6.45) is 4.75. The van der Waals surface area contributed by atoms with Gasteiger partial charge in [0.25, 0.3) is 0 Å². The average Bonchev–Trinajstić information content (AvgIpc) is 3.03. The number of piperidine rings is 1. The number of aromatic amines is 1. The van der Waals surface area contributed by atoms with E-state index < -0.39 is 0 Å². The van der Waals surface area contributed by atoms with Gasteiger partial charge in [0.1, 0.15) is 0 Å². The molecule has 1 saturated heterocycles. The minimum absolute atomic E-state index is 0.155. The lowest BCUT2D eigenvalue weighted by Gasteiger charge is -2.36. The van der Waals surface area contributed by atoms with Gasteiger partial charge < -0.3 is 9.88 Å². The van der Waals surface area contributed by atoms with Gasteiger partial charge in [-0.1, -0.05) is 48.5 Å². The normalized spacial score (nSPS) is 18.3. The fraction of sp³-hybridized carbons (Fsp3) is 0.286. The average molecular weight is 318 g/mol. The molecule has 1 atom stereocenters. The minimum atomic E-state index is 0.155. The van der Waals surface area contributed by atoms with Crippen molar-refractivity contribution in [2.75, 3.05) is 0 Å². The summed E-state index contributed by atoms with van der Waals surface area (Å²) >= 11 is 0. The van der Waals surface area contributed by atoms with Crippen molar-refractivity contribution in [2.24, 2.45) is 0 Å². The second kappa shape index (κ2) is 6.16. The van der Waals surface area contributed by atoms with Gasteiger partial charge in [0.05, 0.1) is 6.04 Å². The van der Waals surface area contributed by atoms with Crippen LogP contribution in [0.1, 0.15) is 42.0 Å². The van der Waals surface area contributed by atoms with Crippen LogP contribution in [-0.2, 0) is 11.3 Å². The van der Waals surface area contributed by atoms with Gasteiger partial charge in [-0.2, -0.15) is 0 Å². The third kappa shape index (κ3) is 2.60. The molecule has 1 N–H and O–H groups in total. The van der Waals surface area contributed by atoms with Gasteiger partial charge >= 0.3 is 0 Å². The van der Waals surface area contributed by atoms with E-state index in [-0.39, 0.29) is 11.9 Å². The molecule has 3 nitrogen and oxygen atoms in total. The van der Waals surface area contributed by atoms with Gasteiger partial charge in [0.2, 0.25) is 5.91 Å². The van der Waals surface area contributed by atoms with E-state index in [0.29, 0.717) is 13.0 Å². The maximum Gasteiger partial charge on any atom is 0.223 e. The largest absolute Gasteiger partial charge is 0.361 e. The third-order valence-electron chi connectivity index (χ3n) is 5.08. The van der Waals surface area contributed by atoms with Gasteiger partial charge in [-0.25, -0.2) is 0 Å². The zero-order valence-corrected chi connectivity index (χ0v) is 14.0. The Kier molecular flexibility index (Phi) is 3.85. The van der Waals surface area contributed by atoms with Crippen LogP contribution in [0.2, 0.25) is 0 Å². The predicted octanol–water partition coefficient (Wildman–Crippen LogP) is 4.73. The van der Waals surface area contributed by atoms with Crippen LogP contribution in [-0.4, -0.2) is 15.8 Å². The Labute approximate surface area is 142 Å². The molecule has 3 aromatic rings. The van der Waals surface area contributed by atoms with Crippen LogP contribution >= 0.6 is 0 Å². The SMILES string of the molecule is Cc1cccc2c([C@H]3CCCC(=O)N3Cc3ccccc3)c[nH]c12. The molecule has 0 bridgehead atoms. The number of carbonyl (C=O) groups is 1. The molecule has 122 valence electrons. The molecule has 0 unspecified atom stereocenters. The molecule has 0 aliphatic carbocycles. The molecule has 1 aliphatic rings. The number of hydrogen-bond acceptors (Lipinski definition) is 1. The van der Waals surface area contributed by atoms with E-state index in [2.05, 4.69) is 53.3 Å². The van der Waals surface area contributed by atoms with Gasteiger partial charge in [-0.05, 0) is 36.5 Å². The summed E-state index contributed by atoms with van der Waals surface area (Å²) in [6.45, 7) is 2.80. The number of rotatable bonds is 3. The van der Waals surface area contributed by atoms with Gasteiger partial charge in [-0.15, -0.1) is 0 Å². The van der Waals surface area contributed by atoms with Crippen LogP contribution in [0.25, 0.3) is 10.9 Å². The van der Waals surface area contributed by atoms with E-state index in [0.717, 1.165) is 12.8 Å². The zero-order valence-electron chi connectivity index (χ0n) is 14.0. The summed E-state index contributed by atoms with van der Waals surface area (Å²) in [4.78, 5) is 18.1. The fourth-order valence-corrected chi connectivity index (χ4v) is 3.83. The number of nitrogens with one attached hydrogen (secondary N) is 1. The quantitative estimate of drug-likeness (QED) is 0.744. The molecule has 1 aliphatic heterocycles. The van der Waals surface area contributed by atoms with Crippen molar-refractivity contribution in [1.82, 2.24) is 9.88 Å². The van der Waals surface area contributed by atoms with E-state index >= 15 is 0 Å². The second-order valence-electron chi connectivity index (χ2n) is 6.66. The number of amides is 1. The molecule has 0 saturated carbocycles. The van der Waals surface area contributed by atoms with Gasteiger partial charge in [0, 0.05) is 30.1 Å². The molecule has 1 aromatic heterocycles. The zero-order chi connectivity index (χ0) is 16.5. The Hall–Kier alpha value is -2.55. The first kappa shape index (κ1) is 15.0. The standard InChI is InChI=1S/C21H22N2O/c1-15-7-5-10-17-18(13-22-21(15)17)19-11-6-12-20(24)23(19)14-16-8-3-2-4-9-16/h2-5,7-10,13,19,22H,6,11-12,14H2,1H3/t19-/m1/s1. The number of H-pyrrole nitrogens is 1. The number of para-hydroxylation sites is 1. The van der Waals surface area contributed by atoms with Crippen molar-refractivity contribution in [3.63, 3.8) is 0 Å². The van der Waals surface area contributed by atoms with Crippen molar-refractivity contribution in [2.45, 2.75) is 38.8 Å². The predicted molar refractivity (Wildman–Crippen MR) is 96.6 cm³/mol. The second-order valence-corrected chi connectivity index (χ2v) is 6.66. The summed E-state index contributed by atoms with van der Waals surface area (Å²) in [5.41, 5.74) is 4.87. The molecule has 24 heavy (non-hydrogen) atoms. The van der Waals surface area contributed by atoms with E-state index in [1.807, 2.05) is 18.2 Å².